The minimum atomic E-state index is -0.978. The van der Waals surface area contributed by atoms with E-state index in [2.05, 4.69) is 33.7 Å². The van der Waals surface area contributed by atoms with Crippen molar-refractivity contribution in [1.82, 2.24) is 14.5 Å². The van der Waals surface area contributed by atoms with Crippen LogP contribution in [0.15, 0.2) is 84.4 Å². The van der Waals surface area contributed by atoms with Crippen molar-refractivity contribution in [3.05, 3.63) is 112 Å². The molecule has 10 nitrogen and oxygen atoms in total. The zero-order valence-corrected chi connectivity index (χ0v) is 25.7. The molecule has 2 aromatic carbocycles. The van der Waals surface area contributed by atoms with E-state index in [-0.39, 0.29) is 5.56 Å². The van der Waals surface area contributed by atoms with Crippen molar-refractivity contribution in [2.45, 2.75) is 52.0 Å². The number of hydrogen-bond acceptors (Lipinski definition) is 8. The molecule has 0 fully saturated rings. The van der Waals surface area contributed by atoms with E-state index in [1.165, 1.54) is 10.1 Å². The van der Waals surface area contributed by atoms with E-state index in [0.717, 1.165) is 35.1 Å². The molecule has 1 unspecified atom stereocenters. The lowest BCUT2D eigenvalue weighted by Gasteiger charge is -2.26. The van der Waals surface area contributed by atoms with Crippen molar-refractivity contribution in [1.29, 1.82) is 0 Å². The number of aliphatic hydroxyl groups excluding tert-OH is 1. The van der Waals surface area contributed by atoms with Crippen LogP contribution < -0.4 is 21.5 Å². The van der Waals surface area contributed by atoms with Crippen molar-refractivity contribution >= 4 is 23.8 Å². The van der Waals surface area contributed by atoms with Gasteiger partial charge in [0.1, 0.15) is 17.0 Å². The molecule has 230 valence electrons. The molecular weight excluding hydrogens is 556 g/mol. The average Bonchev–Trinajstić information content (AvgIpc) is 3.33. The Bertz CT molecular complexity index is 1650. The largest absolute Gasteiger partial charge is 0.444 e. The highest BCUT2D eigenvalue weighted by molar-refractivity contribution is 5.77. The standard InChI is InChI=1S/C29H29N5O2.C5H11NO2/c1-3-21-12-7-13-23-19-34(27(35)24(21)23)26-25(22-14-17-30-18-15-22)32-29(33(2)28(26)36)31-16-8-11-20-9-5-4-6-10-20;1-5(2,3)8-4(6)7/h3-7,9-10,12-15,17-18,27,35H,1,8,11,16,19H2,2H3,(H,31,32);1-3H3,(H2,6,7). The Hall–Kier alpha value is -4.96. The summed E-state index contributed by atoms with van der Waals surface area (Å²) < 4.78 is 6.10. The van der Waals surface area contributed by atoms with Crippen LogP contribution in [0.4, 0.5) is 16.4 Å². The fourth-order valence-electron chi connectivity index (χ4n) is 5.05. The number of amides is 1. The van der Waals surface area contributed by atoms with Gasteiger partial charge in [-0.3, -0.25) is 14.3 Å². The van der Waals surface area contributed by atoms with Crippen LogP contribution in [0.25, 0.3) is 17.3 Å². The van der Waals surface area contributed by atoms with Crippen molar-refractivity contribution in [2.75, 3.05) is 16.8 Å². The molecule has 3 heterocycles. The zero-order valence-electron chi connectivity index (χ0n) is 25.7. The molecule has 0 saturated heterocycles. The van der Waals surface area contributed by atoms with Crippen molar-refractivity contribution in [3.8, 4) is 11.3 Å². The van der Waals surface area contributed by atoms with Crippen molar-refractivity contribution in [3.63, 3.8) is 0 Å². The molecular formula is C34H40N6O4. The van der Waals surface area contributed by atoms with Gasteiger partial charge in [-0.25, -0.2) is 9.78 Å². The number of hydrogen-bond donors (Lipinski definition) is 3. The monoisotopic (exact) mass is 596 g/mol. The van der Waals surface area contributed by atoms with Crippen LogP contribution in [0.2, 0.25) is 0 Å². The second kappa shape index (κ2) is 14.0. The Morgan fingerprint density at radius 1 is 1.14 bits per heavy atom. The predicted molar refractivity (Wildman–Crippen MR) is 174 cm³/mol. The molecule has 5 rings (SSSR count). The van der Waals surface area contributed by atoms with Crippen molar-refractivity contribution in [2.24, 2.45) is 12.8 Å². The predicted octanol–water partition coefficient (Wildman–Crippen LogP) is 5.42. The van der Waals surface area contributed by atoms with Gasteiger partial charge in [0.05, 0.1) is 0 Å². The van der Waals surface area contributed by atoms with Gasteiger partial charge >= 0.3 is 6.09 Å². The van der Waals surface area contributed by atoms with Crippen LogP contribution >= 0.6 is 0 Å². The number of rotatable bonds is 8. The molecule has 1 aliphatic heterocycles. The maximum Gasteiger partial charge on any atom is 0.405 e. The van der Waals surface area contributed by atoms with Gasteiger partial charge in [-0.2, -0.15) is 0 Å². The highest BCUT2D eigenvalue weighted by Crippen LogP contribution is 2.40. The van der Waals surface area contributed by atoms with E-state index in [0.29, 0.717) is 30.4 Å². The normalized spacial score (nSPS) is 13.8. The summed E-state index contributed by atoms with van der Waals surface area (Å²) in [7, 11) is 1.71. The van der Waals surface area contributed by atoms with Gasteiger partial charge in [0.25, 0.3) is 5.56 Å². The molecule has 4 N–H and O–H groups in total. The van der Waals surface area contributed by atoms with Crippen LogP contribution in [0.3, 0.4) is 0 Å². The molecule has 44 heavy (non-hydrogen) atoms. The molecule has 0 radical (unpaired) electrons. The van der Waals surface area contributed by atoms with Gasteiger partial charge in [-0.05, 0) is 62.4 Å². The van der Waals surface area contributed by atoms with E-state index < -0.39 is 17.9 Å². The summed E-state index contributed by atoms with van der Waals surface area (Å²) in [5, 5.41) is 14.7. The van der Waals surface area contributed by atoms with Crippen LogP contribution in [0.5, 0.6) is 0 Å². The van der Waals surface area contributed by atoms with Crippen LogP contribution in [0, 0.1) is 0 Å². The topological polar surface area (TPSA) is 136 Å². The first kappa shape index (κ1) is 32.0. The first-order valence-electron chi connectivity index (χ1n) is 14.5. The number of carbonyl (C=O) groups is 1. The molecule has 2 aromatic heterocycles. The Morgan fingerprint density at radius 3 is 2.45 bits per heavy atom. The maximum atomic E-state index is 13.8. The third-order valence-corrected chi connectivity index (χ3v) is 7.03. The lowest BCUT2D eigenvalue weighted by atomic mass is 10.0. The number of benzene rings is 2. The maximum absolute atomic E-state index is 13.8. The van der Waals surface area contributed by atoms with E-state index in [1.807, 2.05) is 48.5 Å². The Kier molecular flexibility index (Phi) is 10.2. The summed E-state index contributed by atoms with van der Waals surface area (Å²) in [5.74, 6) is 0.488. The molecule has 4 aromatic rings. The highest BCUT2D eigenvalue weighted by Gasteiger charge is 2.34. The number of nitrogens with two attached hydrogens (primary N) is 1. The van der Waals surface area contributed by atoms with E-state index in [9.17, 15) is 14.7 Å². The molecule has 1 aliphatic rings. The number of carbonyl (C=O) groups excluding carboxylic acids is 1. The van der Waals surface area contributed by atoms with Gasteiger partial charge in [-0.15, -0.1) is 0 Å². The lowest BCUT2D eigenvalue weighted by Crippen LogP contribution is -2.33. The minimum Gasteiger partial charge on any atom is -0.444 e. The Labute approximate surface area is 257 Å². The fourth-order valence-corrected chi connectivity index (χ4v) is 5.05. The number of pyridine rings is 1. The van der Waals surface area contributed by atoms with Gasteiger partial charge < -0.3 is 25.8 Å². The summed E-state index contributed by atoms with van der Waals surface area (Å²) in [6.45, 7) is 10.2. The summed E-state index contributed by atoms with van der Waals surface area (Å²) >= 11 is 0. The van der Waals surface area contributed by atoms with Crippen molar-refractivity contribution < 1.29 is 14.6 Å². The second-order valence-electron chi connectivity index (χ2n) is 11.4. The lowest BCUT2D eigenvalue weighted by molar-refractivity contribution is 0.0600. The van der Waals surface area contributed by atoms with Crippen LogP contribution in [-0.4, -0.2) is 37.9 Å². The third-order valence-electron chi connectivity index (χ3n) is 7.03. The van der Waals surface area contributed by atoms with E-state index >= 15 is 0 Å². The van der Waals surface area contributed by atoms with Crippen LogP contribution in [0.1, 0.15) is 55.7 Å². The summed E-state index contributed by atoms with van der Waals surface area (Å²) in [5.41, 5.74) is 9.54. The summed E-state index contributed by atoms with van der Waals surface area (Å²) in [4.78, 5) is 34.5. The number of nitrogens with zero attached hydrogens (tertiary/aromatic N) is 4. The van der Waals surface area contributed by atoms with Gasteiger partial charge in [-0.1, -0.05) is 61.2 Å². The molecule has 0 aliphatic carbocycles. The second-order valence-corrected chi connectivity index (χ2v) is 11.4. The fraction of sp³-hybridized carbons (Fsp3) is 0.294. The average molecular weight is 597 g/mol. The molecule has 1 atom stereocenters. The smallest absolute Gasteiger partial charge is 0.405 e. The quantitative estimate of drug-likeness (QED) is 0.230. The van der Waals surface area contributed by atoms with Gasteiger partial charge in [0.15, 0.2) is 6.23 Å². The highest BCUT2D eigenvalue weighted by atomic mass is 16.6. The molecule has 10 heteroatoms. The Morgan fingerprint density at radius 2 is 1.84 bits per heavy atom. The molecule has 0 saturated carbocycles. The minimum absolute atomic E-state index is 0.227. The summed E-state index contributed by atoms with van der Waals surface area (Å²) in [6.07, 6.45) is 5.21. The molecule has 1 amide bonds. The number of ether oxygens (including phenoxy) is 1. The first-order chi connectivity index (χ1) is 21.0. The SMILES string of the molecule is C=Cc1cccc2c1C(O)N(c1c(-c3ccncc3)nc(NCCCc3ccccc3)n(C)c1=O)C2.CC(C)(C)OC(N)=O. The number of fused-ring (bicyclic) bond motifs is 1. The zero-order chi connectivity index (χ0) is 31.9. The van der Waals surface area contributed by atoms with Crippen LogP contribution in [-0.2, 0) is 24.8 Å². The van der Waals surface area contributed by atoms with E-state index in [1.54, 1.807) is 51.2 Å². The number of aryl methyl sites for hydroxylation is 1. The number of anilines is 2. The number of aromatic nitrogens is 3. The van der Waals surface area contributed by atoms with Gasteiger partial charge in [0.2, 0.25) is 5.95 Å². The Balaban J connectivity index is 0.000000488. The van der Waals surface area contributed by atoms with E-state index in [4.69, 9.17) is 10.7 Å². The number of aliphatic hydroxyl groups is 1. The number of nitrogens with one attached hydrogen (secondary N) is 1. The third kappa shape index (κ3) is 7.70. The first-order valence-corrected chi connectivity index (χ1v) is 14.5. The number of primary amides is 1. The summed E-state index contributed by atoms with van der Waals surface area (Å²) in [6, 6.07) is 19.8. The molecule has 0 bridgehead atoms. The van der Waals surface area contributed by atoms with Gasteiger partial charge in [0, 0.05) is 43.7 Å². The molecule has 0 spiro atoms.